The van der Waals surface area contributed by atoms with E-state index in [9.17, 15) is 9.59 Å². The normalized spacial score (nSPS) is 22.5. The van der Waals surface area contributed by atoms with Crippen LogP contribution in [-0.2, 0) is 4.79 Å². The van der Waals surface area contributed by atoms with E-state index in [1.54, 1.807) is 34.9 Å². The van der Waals surface area contributed by atoms with E-state index in [1.807, 2.05) is 37.3 Å². The summed E-state index contributed by atoms with van der Waals surface area (Å²) in [5, 5.41) is -0.137. The van der Waals surface area contributed by atoms with Gasteiger partial charge < -0.3 is 4.74 Å². The van der Waals surface area contributed by atoms with Gasteiger partial charge in [0.1, 0.15) is 17.2 Å². The number of methoxy groups -OCH3 is 1. The van der Waals surface area contributed by atoms with E-state index in [0.717, 1.165) is 5.56 Å². The van der Waals surface area contributed by atoms with Gasteiger partial charge in [0, 0.05) is 5.75 Å². The number of fused-ring (bicyclic) bond motifs is 1. The number of hydrogen-bond donors (Lipinski definition) is 0. The highest BCUT2D eigenvalue weighted by molar-refractivity contribution is 7.99. The Bertz CT molecular complexity index is 837. The summed E-state index contributed by atoms with van der Waals surface area (Å²) in [4.78, 5) is 28.9. The smallest absolute Gasteiger partial charge is 0.333 e. The number of amides is 3. The number of carbonyl (C=O) groups is 2. The molecule has 2 fully saturated rings. The Hall–Kier alpha value is -2.47. The van der Waals surface area contributed by atoms with E-state index in [-0.39, 0.29) is 17.3 Å². The lowest BCUT2D eigenvalue weighted by Crippen LogP contribution is -2.34. The number of imide groups is 1. The van der Waals surface area contributed by atoms with Crippen molar-refractivity contribution in [1.82, 2.24) is 4.90 Å². The highest BCUT2D eigenvalue weighted by atomic mass is 32.2. The van der Waals surface area contributed by atoms with Crippen LogP contribution in [0.15, 0.2) is 48.5 Å². The highest BCUT2D eigenvalue weighted by Gasteiger charge is 2.53. The Morgan fingerprint density at radius 3 is 2.52 bits per heavy atom. The first-order valence-corrected chi connectivity index (χ1v) is 9.14. The van der Waals surface area contributed by atoms with Crippen LogP contribution in [0.4, 0.5) is 10.5 Å². The summed E-state index contributed by atoms with van der Waals surface area (Å²) in [7, 11) is 1.54. The van der Waals surface area contributed by atoms with E-state index >= 15 is 0 Å². The van der Waals surface area contributed by atoms with Gasteiger partial charge in [-0.15, -0.1) is 11.8 Å². The Labute approximate surface area is 150 Å². The Morgan fingerprint density at radius 2 is 1.80 bits per heavy atom. The Balaban J connectivity index is 1.70. The van der Waals surface area contributed by atoms with Gasteiger partial charge in [-0.25, -0.2) is 9.69 Å². The molecule has 4 rings (SSSR count). The van der Waals surface area contributed by atoms with Crippen LogP contribution in [0.2, 0.25) is 0 Å². The average molecular weight is 354 g/mol. The molecule has 2 aromatic rings. The van der Waals surface area contributed by atoms with Gasteiger partial charge in [-0.3, -0.25) is 9.69 Å². The molecule has 5 nitrogen and oxygen atoms in total. The molecule has 0 unspecified atom stereocenters. The first-order chi connectivity index (χ1) is 12.1. The zero-order chi connectivity index (χ0) is 17.6. The fourth-order valence-corrected chi connectivity index (χ4v) is 4.73. The molecular weight excluding hydrogens is 336 g/mol. The molecule has 2 aliphatic rings. The van der Waals surface area contributed by atoms with E-state index in [4.69, 9.17) is 4.74 Å². The number of nitrogens with zero attached hydrogens (tertiary/aromatic N) is 2. The number of para-hydroxylation sites is 2. The molecule has 0 spiro atoms. The zero-order valence-corrected chi connectivity index (χ0v) is 14.8. The summed E-state index contributed by atoms with van der Waals surface area (Å²) in [5.74, 6) is 0.941. The number of aryl methyl sites for hydroxylation is 1. The maximum absolute atomic E-state index is 13.1. The monoisotopic (exact) mass is 354 g/mol. The molecule has 25 heavy (non-hydrogen) atoms. The maximum Gasteiger partial charge on any atom is 0.333 e. The van der Waals surface area contributed by atoms with Gasteiger partial charge >= 0.3 is 6.03 Å². The molecule has 2 aromatic carbocycles. The van der Waals surface area contributed by atoms with Gasteiger partial charge in [0.05, 0.1) is 12.8 Å². The minimum atomic E-state index is -0.422. The molecule has 0 radical (unpaired) electrons. The van der Waals surface area contributed by atoms with E-state index in [0.29, 0.717) is 17.2 Å². The molecule has 128 valence electrons. The molecule has 0 N–H and O–H groups in total. The number of rotatable bonds is 3. The third-order valence-corrected chi connectivity index (χ3v) is 5.93. The number of ether oxygens (including phenoxy) is 1. The van der Waals surface area contributed by atoms with Crippen molar-refractivity contribution in [2.45, 2.75) is 18.3 Å². The maximum atomic E-state index is 13.1. The quantitative estimate of drug-likeness (QED) is 0.791. The molecule has 2 heterocycles. The molecule has 0 saturated carbocycles. The minimum Gasteiger partial charge on any atom is -0.495 e. The van der Waals surface area contributed by atoms with Gasteiger partial charge in [0.2, 0.25) is 0 Å². The fourth-order valence-electron chi connectivity index (χ4n) is 3.31. The standard InChI is InChI=1S/C19H18N2O3S/c1-12-7-9-13(10-8-12)18-21-15(11-25-18)17(22)20(19(21)23)14-5-3-4-6-16(14)24-2/h3-10,15,18H,11H2,1-2H3/t15-,18-/m1/s1. The van der Waals surface area contributed by atoms with Gasteiger partial charge in [0.25, 0.3) is 5.91 Å². The van der Waals surface area contributed by atoms with Crippen LogP contribution >= 0.6 is 11.8 Å². The largest absolute Gasteiger partial charge is 0.495 e. The number of urea groups is 1. The van der Waals surface area contributed by atoms with Crippen molar-refractivity contribution in [2.24, 2.45) is 0 Å². The predicted octanol–water partition coefficient (Wildman–Crippen LogP) is 3.59. The summed E-state index contributed by atoms with van der Waals surface area (Å²) < 4.78 is 5.33. The Morgan fingerprint density at radius 1 is 1.08 bits per heavy atom. The van der Waals surface area contributed by atoms with Crippen LogP contribution < -0.4 is 9.64 Å². The summed E-state index contributed by atoms with van der Waals surface area (Å²) in [6, 6.07) is 14.5. The SMILES string of the molecule is COc1ccccc1N1C(=O)[C@H]2CS[C@H](c3ccc(C)cc3)N2C1=O. The molecule has 6 heteroatoms. The third-order valence-electron chi connectivity index (χ3n) is 4.61. The molecule has 3 amide bonds. The van der Waals surface area contributed by atoms with Gasteiger partial charge in [-0.2, -0.15) is 0 Å². The van der Waals surface area contributed by atoms with Gasteiger partial charge in [-0.05, 0) is 24.6 Å². The highest BCUT2D eigenvalue weighted by Crippen LogP contribution is 2.47. The first-order valence-electron chi connectivity index (χ1n) is 8.09. The van der Waals surface area contributed by atoms with Crippen molar-refractivity contribution in [3.05, 3.63) is 59.7 Å². The molecular formula is C19H18N2O3S. The van der Waals surface area contributed by atoms with Crippen molar-refractivity contribution in [3.63, 3.8) is 0 Å². The van der Waals surface area contributed by atoms with E-state index in [2.05, 4.69) is 0 Å². The molecule has 0 aromatic heterocycles. The first kappa shape index (κ1) is 16.0. The second kappa shape index (κ2) is 6.11. The topological polar surface area (TPSA) is 49.9 Å². The third kappa shape index (κ3) is 2.48. The molecule has 0 aliphatic carbocycles. The van der Waals surface area contributed by atoms with E-state index in [1.165, 1.54) is 17.6 Å². The van der Waals surface area contributed by atoms with Crippen molar-refractivity contribution in [2.75, 3.05) is 17.8 Å². The predicted molar refractivity (Wildman–Crippen MR) is 97.9 cm³/mol. The Kier molecular flexibility index (Phi) is 3.92. The average Bonchev–Trinajstić information content (AvgIpc) is 3.16. The summed E-state index contributed by atoms with van der Waals surface area (Å²) in [6.45, 7) is 2.03. The van der Waals surface area contributed by atoms with Crippen molar-refractivity contribution < 1.29 is 14.3 Å². The van der Waals surface area contributed by atoms with E-state index < -0.39 is 6.04 Å². The molecule has 2 atom stereocenters. The lowest BCUT2D eigenvalue weighted by Gasteiger charge is -2.23. The lowest BCUT2D eigenvalue weighted by molar-refractivity contribution is -0.119. The van der Waals surface area contributed by atoms with Crippen LogP contribution in [0.25, 0.3) is 0 Å². The lowest BCUT2D eigenvalue weighted by atomic mass is 10.1. The number of benzene rings is 2. The van der Waals surface area contributed by atoms with Crippen LogP contribution in [0.3, 0.4) is 0 Å². The van der Waals surface area contributed by atoms with Crippen LogP contribution in [0.1, 0.15) is 16.5 Å². The van der Waals surface area contributed by atoms with Crippen LogP contribution in [-0.4, -0.2) is 35.7 Å². The number of thioether (sulfide) groups is 1. The van der Waals surface area contributed by atoms with Crippen molar-refractivity contribution in [3.8, 4) is 5.75 Å². The summed E-state index contributed by atoms with van der Waals surface area (Å²) in [6.07, 6.45) is 0. The second-order valence-corrected chi connectivity index (χ2v) is 7.26. The molecule has 0 bridgehead atoms. The minimum absolute atomic E-state index is 0.137. The van der Waals surface area contributed by atoms with Crippen LogP contribution in [0, 0.1) is 6.92 Å². The fraction of sp³-hybridized carbons (Fsp3) is 0.263. The number of carbonyl (C=O) groups excluding carboxylic acids is 2. The van der Waals surface area contributed by atoms with Crippen molar-refractivity contribution in [1.29, 1.82) is 0 Å². The molecule has 2 saturated heterocycles. The number of hydrogen-bond acceptors (Lipinski definition) is 4. The summed E-state index contributed by atoms with van der Waals surface area (Å²) >= 11 is 1.63. The zero-order valence-electron chi connectivity index (χ0n) is 14.0. The summed E-state index contributed by atoms with van der Waals surface area (Å²) in [5.41, 5.74) is 2.71. The second-order valence-electron chi connectivity index (χ2n) is 6.15. The number of anilines is 1. The van der Waals surface area contributed by atoms with Gasteiger partial charge in [-0.1, -0.05) is 42.0 Å². The van der Waals surface area contributed by atoms with Crippen molar-refractivity contribution >= 4 is 29.4 Å². The van der Waals surface area contributed by atoms with Gasteiger partial charge in [0.15, 0.2) is 0 Å². The van der Waals surface area contributed by atoms with Crippen LogP contribution in [0.5, 0.6) is 5.75 Å². The molecule has 2 aliphatic heterocycles.